The van der Waals surface area contributed by atoms with E-state index >= 15 is 0 Å². The molecule has 0 fully saturated rings. The number of halogens is 1. The predicted octanol–water partition coefficient (Wildman–Crippen LogP) is 4.30. The van der Waals surface area contributed by atoms with E-state index in [1.165, 1.54) is 11.6 Å². The number of hydrogen-bond donors (Lipinski definition) is 1. The van der Waals surface area contributed by atoms with Crippen LogP contribution in [0.3, 0.4) is 0 Å². The summed E-state index contributed by atoms with van der Waals surface area (Å²) >= 11 is 0. The lowest BCUT2D eigenvalue weighted by Crippen LogP contribution is -2.21. The van der Waals surface area contributed by atoms with Crippen LogP contribution in [0.4, 0.5) is 4.39 Å². The second-order valence-corrected chi connectivity index (χ2v) is 5.15. The van der Waals surface area contributed by atoms with Gasteiger partial charge in [-0.1, -0.05) is 44.2 Å². The highest BCUT2D eigenvalue weighted by atomic mass is 19.1. The van der Waals surface area contributed by atoms with Crippen molar-refractivity contribution in [3.05, 3.63) is 59.4 Å². The molecule has 0 aliphatic heterocycles. The average molecular weight is 257 g/mol. The van der Waals surface area contributed by atoms with Gasteiger partial charge in [0.05, 0.1) is 0 Å². The molecular weight excluding hydrogens is 237 g/mol. The maximum Gasteiger partial charge on any atom is 0.126 e. The molecule has 19 heavy (non-hydrogen) atoms. The predicted molar refractivity (Wildman–Crippen MR) is 78.5 cm³/mol. The zero-order valence-electron chi connectivity index (χ0n) is 11.7. The highest BCUT2D eigenvalue weighted by molar-refractivity contribution is 5.67. The molecule has 0 saturated heterocycles. The van der Waals surface area contributed by atoms with Gasteiger partial charge in [-0.15, -0.1) is 0 Å². The average Bonchev–Trinajstić information content (AvgIpc) is 2.40. The Morgan fingerprint density at radius 3 is 2.58 bits per heavy atom. The molecule has 0 aromatic heterocycles. The molecule has 0 spiro atoms. The molecule has 1 nitrogen and oxygen atoms in total. The zero-order valence-corrected chi connectivity index (χ0v) is 11.7. The van der Waals surface area contributed by atoms with Crippen molar-refractivity contribution >= 4 is 0 Å². The van der Waals surface area contributed by atoms with Crippen molar-refractivity contribution in [3.8, 4) is 11.1 Å². The Balaban J connectivity index is 2.30. The Bertz CT molecular complexity index is 561. The lowest BCUT2D eigenvalue weighted by atomic mass is 9.98. The van der Waals surface area contributed by atoms with E-state index in [1.807, 2.05) is 25.1 Å². The van der Waals surface area contributed by atoms with E-state index in [2.05, 4.69) is 31.3 Å². The van der Waals surface area contributed by atoms with Crippen LogP contribution in [0.5, 0.6) is 0 Å². The second kappa shape index (κ2) is 5.98. The van der Waals surface area contributed by atoms with Gasteiger partial charge in [0.1, 0.15) is 5.82 Å². The SMILES string of the molecule is Cc1c(F)cccc1-c1cccc(CNC(C)C)c1. The quantitative estimate of drug-likeness (QED) is 0.861. The largest absolute Gasteiger partial charge is 0.310 e. The van der Waals surface area contributed by atoms with Crippen molar-refractivity contribution in [2.45, 2.75) is 33.4 Å². The summed E-state index contributed by atoms with van der Waals surface area (Å²) in [5.74, 6) is -0.150. The summed E-state index contributed by atoms with van der Waals surface area (Å²) in [4.78, 5) is 0. The molecule has 0 saturated carbocycles. The molecule has 0 amide bonds. The van der Waals surface area contributed by atoms with E-state index in [4.69, 9.17) is 0 Å². The normalized spacial score (nSPS) is 11.0. The van der Waals surface area contributed by atoms with Crippen LogP contribution in [-0.2, 0) is 6.54 Å². The fourth-order valence-corrected chi connectivity index (χ4v) is 2.09. The monoisotopic (exact) mass is 257 g/mol. The van der Waals surface area contributed by atoms with Crippen molar-refractivity contribution in [1.29, 1.82) is 0 Å². The molecule has 2 aromatic rings. The third kappa shape index (κ3) is 3.42. The van der Waals surface area contributed by atoms with Gasteiger partial charge in [0.2, 0.25) is 0 Å². The first-order valence-electron chi connectivity index (χ1n) is 6.65. The van der Waals surface area contributed by atoms with Crippen LogP contribution < -0.4 is 5.32 Å². The summed E-state index contributed by atoms with van der Waals surface area (Å²) in [5, 5.41) is 3.39. The van der Waals surface area contributed by atoms with E-state index in [0.717, 1.165) is 17.7 Å². The summed E-state index contributed by atoms with van der Waals surface area (Å²) in [7, 11) is 0. The molecule has 2 aromatic carbocycles. The smallest absolute Gasteiger partial charge is 0.126 e. The molecule has 1 N–H and O–H groups in total. The van der Waals surface area contributed by atoms with Gasteiger partial charge in [0.25, 0.3) is 0 Å². The fourth-order valence-electron chi connectivity index (χ4n) is 2.09. The molecule has 0 aliphatic carbocycles. The minimum atomic E-state index is -0.150. The van der Waals surface area contributed by atoms with Crippen molar-refractivity contribution in [1.82, 2.24) is 5.32 Å². The summed E-state index contributed by atoms with van der Waals surface area (Å²) < 4.78 is 13.6. The molecule has 0 radical (unpaired) electrons. The minimum Gasteiger partial charge on any atom is -0.310 e. The van der Waals surface area contributed by atoms with Crippen molar-refractivity contribution < 1.29 is 4.39 Å². The van der Waals surface area contributed by atoms with Gasteiger partial charge in [-0.25, -0.2) is 4.39 Å². The van der Waals surface area contributed by atoms with E-state index in [-0.39, 0.29) is 5.82 Å². The van der Waals surface area contributed by atoms with Gasteiger partial charge in [-0.05, 0) is 41.3 Å². The van der Waals surface area contributed by atoms with Gasteiger partial charge < -0.3 is 5.32 Å². The Kier molecular flexibility index (Phi) is 4.33. The maximum absolute atomic E-state index is 13.6. The Morgan fingerprint density at radius 2 is 1.84 bits per heavy atom. The standard InChI is InChI=1S/C17H20FN/c1-12(2)19-11-14-6-4-7-15(10-14)16-8-5-9-17(18)13(16)3/h4-10,12,19H,11H2,1-3H3. The minimum absolute atomic E-state index is 0.150. The Morgan fingerprint density at radius 1 is 1.11 bits per heavy atom. The number of nitrogens with one attached hydrogen (secondary N) is 1. The highest BCUT2D eigenvalue weighted by Crippen LogP contribution is 2.25. The topological polar surface area (TPSA) is 12.0 Å². The number of benzene rings is 2. The second-order valence-electron chi connectivity index (χ2n) is 5.15. The molecule has 2 rings (SSSR count). The van der Waals surface area contributed by atoms with Crippen molar-refractivity contribution in [2.75, 3.05) is 0 Å². The highest BCUT2D eigenvalue weighted by Gasteiger charge is 2.06. The third-order valence-corrected chi connectivity index (χ3v) is 3.22. The molecule has 0 unspecified atom stereocenters. The summed E-state index contributed by atoms with van der Waals surface area (Å²) in [5.41, 5.74) is 3.96. The van der Waals surface area contributed by atoms with Crippen molar-refractivity contribution in [3.63, 3.8) is 0 Å². The van der Waals surface area contributed by atoms with E-state index < -0.39 is 0 Å². The summed E-state index contributed by atoms with van der Waals surface area (Å²) in [6.45, 7) is 6.91. The lowest BCUT2D eigenvalue weighted by molar-refractivity contribution is 0.589. The molecule has 0 bridgehead atoms. The van der Waals surface area contributed by atoms with Gasteiger partial charge in [-0.2, -0.15) is 0 Å². The van der Waals surface area contributed by atoms with Crippen LogP contribution in [0, 0.1) is 12.7 Å². The van der Waals surface area contributed by atoms with Crippen molar-refractivity contribution in [2.24, 2.45) is 0 Å². The van der Waals surface area contributed by atoms with E-state index in [0.29, 0.717) is 11.6 Å². The summed E-state index contributed by atoms with van der Waals surface area (Å²) in [6, 6.07) is 14.0. The number of rotatable bonds is 4. The van der Waals surface area contributed by atoms with Crippen LogP contribution in [0.15, 0.2) is 42.5 Å². The lowest BCUT2D eigenvalue weighted by Gasteiger charge is -2.11. The maximum atomic E-state index is 13.6. The summed E-state index contributed by atoms with van der Waals surface area (Å²) in [6.07, 6.45) is 0. The van der Waals surface area contributed by atoms with Crippen LogP contribution in [0.2, 0.25) is 0 Å². The first kappa shape index (κ1) is 13.8. The molecule has 2 heteroatoms. The zero-order chi connectivity index (χ0) is 13.8. The van der Waals surface area contributed by atoms with Gasteiger partial charge >= 0.3 is 0 Å². The third-order valence-electron chi connectivity index (χ3n) is 3.22. The van der Waals surface area contributed by atoms with E-state index in [1.54, 1.807) is 6.07 Å². The van der Waals surface area contributed by atoms with Crippen LogP contribution >= 0.6 is 0 Å². The molecule has 0 aliphatic rings. The van der Waals surface area contributed by atoms with Crippen LogP contribution in [-0.4, -0.2) is 6.04 Å². The van der Waals surface area contributed by atoms with Gasteiger partial charge in [0.15, 0.2) is 0 Å². The van der Waals surface area contributed by atoms with Crippen LogP contribution in [0.1, 0.15) is 25.0 Å². The molecule has 100 valence electrons. The number of hydrogen-bond acceptors (Lipinski definition) is 1. The molecule has 0 atom stereocenters. The van der Waals surface area contributed by atoms with Gasteiger partial charge in [-0.3, -0.25) is 0 Å². The Hall–Kier alpha value is -1.67. The first-order chi connectivity index (χ1) is 9.08. The van der Waals surface area contributed by atoms with E-state index in [9.17, 15) is 4.39 Å². The van der Waals surface area contributed by atoms with Crippen LogP contribution in [0.25, 0.3) is 11.1 Å². The fraction of sp³-hybridized carbons (Fsp3) is 0.294. The molecule has 0 heterocycles. The van der Waals surface area contributed by atoms with Gasteiger partial charge in [0, 0.05) is 12.6 Å². The molecular formula is C17H20FN. The first-order valence-corrected chi connectivity index (χ1v) is 6.65. The Labute approximate surface area is 114 Å².